The number of rotatable bonds is 4. The van der Waals surface area contributed by atoms with Crippen LogP contribution in [0.2, 0.25) is 0 Å². The van der Waals surface area contributed by atoms with Crippen LogP contribution in [0.5, 0.6) is 5.75 Å². The third kappa shape index (κ3) is 3.61. The molecule has 2 atom stereocenters. The highest BCUT2D eigenvalue weighted by atomic mass is 32.1. The first-order chi connectivity index (χ1) is 10.1. The topological polar surface area (TPSA) is 45.6 Å². The average Bonchev–Trinajstić information content (AvgIpc) is 2.95. The summed E-state index contributed by atoms with van der Waals surface area (Å²) in [6.45, 7) is 4.15. The summed E-state index contributed by atoms with van der Waals surface area (Å²) in [4.78, 5) is 6.54. The molecule has 21 heavy (non-hydrogen) atoms. The molecule has 1 fully saturated rings. The number of likely N-dealkylation sites (tertiary alicyclic amines) is 1. The van der Waals surface area contributed by atoms with Crippen LogP contribution in [-0.2, 0) is 6.54 Å². The number of aliphatic hydroxyl groups is 1. The van der Waals surface area contributed by atoms with Crippen LogP contribution in [-0.4, -0.2) is 39.8 Å². The Labute approximate surface area is 129 Å². The highest BCUT2D eigenvalue weighted by molar-refractivity contribution is 7.07. The van der Waals surface area contributed by atoms with Crippen molar-refractivity contribution < 1.29 is 9.84 Å². The Bertz CT molecular complexity index is 557. The Hall–Kier alpha value is -1.43. The predicted octanol–water partition coefficient (Wildman–Crippen LogP) is 2.55. The number of aromatic nitrogens is 1. The Balaban J connectivity index is 1.62. The molecule has 0 unspecified atom stereocenters. The van der Waals surface area contributed by atoms with E-state index in [4.69, 9.17) is 4.74 Å². The maximum Gasteiger partial charge on any atom is 0.129 e. The lowest BCUT2D eigenvalue weighted by Crippen LogP contribution is -2.56. The smallest absolute Gasteiger partial charge is 0.129 e. The Morgan fingerprint density at radius 2 is 2.24 bits per heavy atom. The van der Waals surface area contributed by atoms with Gasteiger partial charge in [0.1, 0.15) is 17.5 Å². The normalized spacial score (nSPS) is 26.7. The van der Waals surface area contributed by atoms with Crippen molar-refractivity contribution >= 4 is 11.3 Å². The Kier molecular flexibility index (Phi) is 4.24. The number of para-hydroxylation sites is 1. The van der Waals surface area contributed by atoms with E-state index in [-0.39, 0.29) is 6.10 Å². The minimum atomic E-state index is -0.857. The molecule has 0 radical (unpaired) electrons. The van der Waals surface area contributed by atoms with Crippen molar-refractivity contribution in [2.75, 3.05) is 13.1 Å². The average molecular weight is 304 g/mol. The van der Waals surface area contributed by atoms with Gasteiger partial charge in [-0.05, 0) is 25.5 Å². The fourth-order valence-corrected chi connectivity index (χ4v) is 3.32. The molecule has 5 heteroatoms. The first kappa shape index (κ1) is 14.5. The fraction of sp³-hybridized carbons (Fsp3) is 0.438. The van der Waals surface area contributed by atoms with Crippen molar-refractivity contribution in [3.05, 3.63) is 46.9 Å². The molecule has 2 aromatic rings. The number of hydrogen-bond acceptors (Lipinski definition) is 5. The van der Waals surface area contributed by atoms with E-state index in [1.165, 1.54) is 0 Å². The summed E-state index contributed by atoms with van der Waals surface area (Å²) in [5, 5.41) is 12.8. The number of nitrogens with zero attached hydrogens (tertiary/aromatic N) is 2. The van der Waals surface area contributed by atoms with E-state index in [1.54, 1.807) is 11.3 Å². The van der Waals surface area contributed by atoms with Gasteiger partial charge in [-0.15, -0.1) is 11.3 Å². The molecule has 112 valence electrons. The summed E-state index contributed by atoms with van der Waals surface area (Å²) >= 11 is 1.61. The van der Waals surface area contributed by atoms with Gasteiger partial charge in [0.2, 0.25) is 0 Å². The summed E-state index contributed by atoms with van der Waals surface area (Å²) in [5.74, 6) is 0.815. The van der Waals surface area contributed by atoms with Crippen LogP contribution in [0.15, 0.2) is 41.2 Å². The minimum Gasteiger partial charge on any atom is -0.487 e. The second kappa shape index (κ2) is 6.13. The lowest BCUT2D eigenvalue weighted by atomic mass is 9.91. The van der Waals surface area contributed by atoms with Crippen LogP contribution in [0.4, 0.5) is 0 Å². The van der Waals surface area contributed by atoms with Gasteiger partial charge in [-0.1, -0.05) is 18.2 Å². The number of ether oxygens (including phenoxy) is 1. The van der Waals surface area contributed by atoms with Crippen molar-refractivity contribution in [2.45, 2.75) is 31.6 Å². The van der Waals surface area contributed by atoms with Gasteiger partial charge in [0.05, 0.1) is 11.2 Å². The molecular weight excluding hydrogens is 284 g/mol. The monoisotopic (exact) mass is 304 g/mol. The Morgan fingerprint density at radius 3 is 2.90 bits per heavy atom. The van der Waals surface area contributed by atoms with Gasteiger partial charge in [0.25, 0.3) is 0 Å². The molecule has 1 saturated heterocycles. The van der Waals surface area contributed by atoms with E-state index < -0.39 is 5.60 Å². The highest BCUT2D eigenvalue weighted by Gasteiger charge is 2.39. The fourth-order valence-electron chi connectivity index (χ4n) is 2.77. The van der Waals surface area contributed by atoms with Crippen molar-refractivity contribution in [1.82, 2.24) is 9.88 Å². The number of thiazole rings is 1. The number of piperidine rings is 1. The molecule has 2 heterocycles. The van der Waals surface area contributed by atoms with E-state index in [2.05, 4.69) is 15.3 Å². The summed E-state index contributed by atoms with van der Waals surface area (Å²) in [6, 6.07) is 9.71. The van der Waals surface area contributed by atoms with Crippen molar-refractivity contribution in [3.8, 4) is 5.75 Å². The standard InChI is InChI=1S/C16H20N2O2S/c1-16(19)11-18(9-13-10-21-12-17-13)8-7-15(16)20-14-5-3-2-4-6-14/h2-6,10,12,15,19H,7-9,11H2,1H3/t15-,16-/m0/s1. The van der Waals surface area contributed by atoms with Gasteiger partial charge in [0.15, 0.2) is 0 Å². The minimum absolute atomic E-state index is 0.174. The van der Waals surface area contributed by atoms with Crippen LogP contribution in [0, 0.1) is 0 Å². The molecular formula is C16H20N2O2S. The molecule has 0 saturated carbocycles. The number of hydrogen-bond donors (Lipinski definition) is 1. The Morgan fingerprint density at radius 1 is 1.43 bits per heavy atom. The van der Waals surface area contributed by atoms with Gasteiger partial charge in [-0.3, -0.25) is 4.90 Å². The zero-order valence-electron chi connectivity index (χ0n) is 12.1. The zero-order chi connectivity index (χ0) is 14.7. The van der Waals surface area contributed by atoms with Gasteiger partial charge in [-0.2, -0.15) is 0 Å². The lowest BCUT2D eigenvalue weighted by Gasteiger charge is -2.42. The molecule has 0 spiro atoms. The second-order valence-electron chi connectivity index (χ2n) is 5.76. The van der Waals surface area contributed by atoms with E-state index in [9.17, 15) is 5.11 Å². The molecule has 3 rings (SSSR count). The predicted molar refractivity (Wildman–Crippen MR) is 83.5 cm³/mol. The summed E-state index contributed by atoms with van der Waals surface area (Å²) in [7, 11) is 0. The van der Waals surface area contributed by atoms with Crippen molar-refractivity contribution in [3.63, 3.8) is 0 Å². The van der Waals surface area contributed by atoms with Gasteiger partial charge in [0, 0.05) is 25.0 Å². The van der Waals surface area contributed by atoms with Crippen LogP contribution in [0.25, 0.3) is 0 Å². The van der Waals surface area contributed by atoms with E-state index in [0.29, 0.717) is 6.54 Å². The number of β-amino-alcohol motifs (C(OH)–C–C–N with tert-alkyl or cyclic N) is 1. The van der Waals surface area contributed by atoms with E-state index in [1.807, 2.05) is 42.8 Å². The summed E-state index contributed by atoms with van der Waals surface area (Å²) < 4.78 is 5.96. The van der Waals surface area contributed by atoms with Gasteiger partial charge < -0.3 is 9.84 Å². The molecule has 1 aliphatic heterocycles. The van der Waals surface area contributed by atoms with Crippen LogP contribution < -0.4 is 4.74 Å². The molecule has 0 amide bonds. The first-order valence-electron chi connectivity index (χ1n) is 7.17. The molecule has 4 nitrogen and oxygen atoms in total. The van der Waals surface area contributed by atoms with Crippen LogP contribution >= 0.6 is 11.3 Å². The maximum atomic E-state index is 10.7. The summed E-state index contributed by atoms with van der Waals surface area (Å²) in [6.07, 6.45) is 0.637. The molecule has 1 N–H and O–H groups in total. The highest BCUT2D eigenvalue weighted by Crippen LogP contribution is 2.27. The van der Waals surface area contributed by atoms with Gasteiger partial charge in [-0.25, -0.2) is 4.98 Å². The number of benzene rings is 1. The quantitative estimate of drug-likeness (QED) is 0.943. The van der Waals surface area contributed by atoms with Gasteiger partial charge >= 0.3 is 0 Å². The lowest BCUT2D eigenvalue weighted by molar-refractivity contribution is -0.0994. The van der Waals surface area contributed by atoms with Crippen LogP contribution in [0.1, 0.15) is 19.0 Å². The van der Waals surface area contributed by atoms with Crippen molar-refractivity contribution in [1.29, 1.82) is 0 Å². The molecule has 0 aliphatic carbocycles. The largest absolute Gasteiger partial charge is 0.487 e. The SMILES string of the molecule is C[C@]1(O)CN(Cc2cscn2)CC[C@@H]1Oc1ccccc1. The third-order valence-electron chi connectivity index (χ3n) is 3.84. The molecule has 1 aliphatic rings. The molecule has 1 aromatic carbocycles. The first-order valence-corrected chi connectivity index (χ1v) is 8.11. The van der Waals surface area contributed by atoms with Crippen LogP contribution in [0.3, 0.4) is 0 Å². The maximum absolute atomic E-state index is 10.7. The van der Waals surface area contributed by atoms with Crippen molar-refractivity contribution in [2.24, 2.45) is 0 Å². The summed E-state index contributed by atoms with van der Waals surface area (Å²) in [5.41, 5.74) is 2.06. The molecule has 0 bridgehead atoms. The second-order valence-corrected chi connectivity index (χ2v) is 6.47. The zero-order valence-corrected chi connectivity index (χ0v) is 12.9. The van der Waals surface area contributed by atoms with E-state index >= 15 is 0 Å². The third-order valence-corrected chi connectivity index (χ3v) is 4.47. The van der Waals surface area contributed by atoms with E-state index in [0.717, 1.165) is 31.0 Å². The molecule has 1 aromatic heterocycles.